The number of alkyl halides is 3. The number of hydrogen-bond donors (Lipinski definition) is 2. The summed E-state index contributed by atoms with van der Waals surface area (Å²) >= 11 is 0. The average Bonchev–Trinajstić information content (AvgIpc) is 3.01. The number of halogens is 3. The van der Waals surface area contributed by atoms with Crippen molar-refractivity contribution < 1.29 is 22.8 Å². The number of nitrogens with two attached hydrogens (primary N) is 2. The number of amides is 2. The molecule has 1 aromatic heterocycles. The molecule has 0 atom stereocenters. The second-order valence-corrected chi connectivity index (χ2v) is 6.90. The molecule has 1 heterocycles. The fourth-order valence-corrected chi connectivity index (χ4v) is 3.77. The summed E-state index contributed by atoms with van der Waals surface area (Å²) in [6.07, 6.45) is -4.53. The van der Waals surface area contributed by atoms with E-state index in [1.165, 1.54) is 12.1 Å². The van der Waals surface area contributed by atoms with Crippen LogP contribution in [-0.4, -0.2) is 16.4 Å². The fourth-order valence-electron chi connectivity index (χ4n) is 3.77. The summed E-state index contributed by atoms with van der Waals surface area (Å²) < 4.78 is 41.7. The van der Waals surface area contributed by atoms with Crippen LogP contribution in [0.25, 0.3) is 21.8 Å². The molecule has 4 N–H and O–H groups in total. The molecule has 3 aromatic carbocycles. The quantitative estimate of drug-likeness (QED) is 0.530. The Hall–Kier alpha value is -3.81. The van der Waals surface area contributed by atoms with Crippen LogP contribution in [0.4, 0.5) is 13.2 Å². The topological polar surface area (TPSA) is 91.1 Å². The maximum Gasteiger partial charge on any atom is 0.416 e. The van der Waals surface area contributed by atoms with Gasteiger partial charge in [-0.15, -0.1) is 0 Å². The molecule has 0 spiro atoms. The van der Waals surface area contributed by atoms with Gasteiger partial charge in [0.05, 0.1) is 16.6 Å². The lowest BCUT2D eigenvalue weighted by molar-refractivity contribution is -0.137. The summed E-state index contributed by atoms with van der Waals surface area (Å²) in [5.41, 5.74) is 12.0. The van der Waals surface area contributed by atoms with Gasteiger partial charge < -0.3 is 16.0 Å². The molecule has 4 rings (SSSR count). The van der Waals surface area contributed by atoms with Crippen LogP contribution in [0.1, 0.15) is 31.8 Å². The predicted octanol–water partition coefficient (Wildman–Crippen LogP) is 4.06. The highest BCUT2D eigenvalue weighted by Crippen LogP contribution is 2.37. The standard InChI is InChI=1S/C22H16F3N3O2/c23-22(24,25)13-8-9-15-18(10-13)28(11-12-4-1-2-5-14(12)20(26)29)17-7-3-6-16(19(15)17)21(27)30/h1-10H,11H2,(H2,26,29)(H2,27,30). The maximum atomic E-state index is 13.4. The Bertz CT molecular complexity index is 1320. The molecule has 30 heavy (non-hydrogen) atoms. The highest BCUT2D eigenvalue weighted by atomic mass is 19.4. The first kappa shape index (κ1) is 19.5. The van der Waals surface area contributed by atoms with Crippen molar-refractivity contribution in [2.24, 2.45) is 11.5 Å². The van der Waals surface area contributed by atoms with Gasteiger partial charge in [0.15, 0.2) is 0 Å². The van der Waals surface area contributed by atoms with Crippen molar-refractivity contribution in [1.29, 1.82) is 0 Å². The van der Waals surface area contributed by atoms with Gasteiger partial charge in [0.2, 0.25) is 11.8 Å². The molecule has 0 unspecified atom stereocenters. The van der Waals surface area contributed by atoms with Gasteiger partial charge in [-0.3, -0.25) is 9.59 Å². The van der Waals surface area contributed by atoms with Crippen molar-refractivity contribution in [3.63, 3.8) is 0 Å². The van der Waals surface area contributed by atoms with E-state index in [0.717, 1.165) is 12.1 Å². The van der Waals surface area contributed by atoms with Gasteiger partial charge in [0, 0.05) is 28.4 Å². The number of primary amides is 2. The van der Waals surface area contributed by atoms with Crippen LogP contribution in [0.3, 0.4) is 0 Å². The minimum absolute atomic E-state index is 0.0860. The van der Waals surface area contributed by atoms with Crippen molar-refractivity contribution in [1.82, 2.24) is 4.57 Å². The summed E-state index contributed by atoms with van der Waals surface area (Å²) in [6, 6.07) is 14.8. The number of rotatable bonds is 4. The van der Waals surface area contributed by atoms with E-state index < -0.39 is 23.6 Å². The Labute approximate surface area is 168 Å². The number of hydrogen-bond acceptors (Lipinski definition) is 2. The normalized spacial score (nSPS) is 11.8. The molecule has 8 heteroatoms. The van der Waals surface area contributed by atoms with Gasteiger partial charge in [-0.25, -0.2) is 0 Å². The van der Waals surface area contributed by atoms with Gasteiger partial charge in [-0.1, -0.05) is 30.3 Å². The SMILES string of the molecule is NC(=O)c1ccccc1Cn1c2cc(C(F)(F)F)ccc2c2c(C(N)=O)cccc21. The highest BCUT2D eigenvalue weighted by Gasteiger charge is 2.31. The largest absolute Gasteiger partial charge is 0.416 e. The lowest BCUT2D eigenvalue weighted by atomic mass is 10.0. The van der Waals surface area contributed by atoms with E-state index in [2.05, 4.69) is 0 Å². The van der Waals surface area contributed by atoms with E-state index in [9.17, 15) is 22.8 Å². The minimum Gasteiger partial charge on any atom is -0.366 e. The van der Waals surface area contributed by atoms with Crippen LogP contribution < -0.4 is 11.5 Å². The number of fused-ring (bicyclic) bond motifs is 3. The van der Waals surface area contributed by atoms with Crippen LogP contribution in [0, 0.1) is 0 Å². The van der Waals surface area contributed by atoms with Crippen LogP contribution in [0.15, 0.2) is 60.7 Å². The van der Waals surface area contributed by atoms with E-state index in [0.29, 0.717) is 21.9 Å². The second kappa shape index (κ2) is 6.91. The van der Waals surface area contributed by atoms with Crippen molar-refractivity contribution in [2.75, 3.05) is 0 Å². The molecule has 4 aromatic rings. The average molecular weight is 411 g/mol. The molecule has 2 amide bonds. The van der Waals surface area contributed by atoms with E-state index in [-0.39, 0.29) is 23.2 Å². The molecule has 5 nitrogen and oxygen atoms in total. The third-order valence-electron chi connectivity index (χ3n) is 5.10. The summed E-state index contributed by atoms with van der Waals surface area (Å²) in [7, 11) is 0. The summed E-state index contributed by atoms with van der Waals surface area (Å²) in [6.45, 7) is 0.0860. The molecular formula is C22H16F3N3O2. The Morgan fingerprint density at radius 3 is 2.17 bits per heavy atom. The Morgan fingerprint density at radius 1 is 0.833 bits per heavy atom. The van der Waals surface area contributed by atoms with Crippen molar-refractivity contribution in [2.45, 2.75) is 12.7 Å². The lowest BCUT2D eigenvalue weighted by Gasteiger charge is -2.12. The number of carbonyl (C=O) groups is 2. The van der Waals surface area contributed by atoms with Gasteiger partial charge in [0.25, 0.3) is 0 Å². The fraction of sp³-hybridized carbons (Fsp3) is 0.0909. The zero-order valence-corrected chi connectivity index (χ0v) is 15.5. The maximum absolute atomic E-state index is 13.4. The second-order valence-electron chi connectivity index (χ2n) is 6.90. The first-order valence-electron chi connectivity index (χ1n) is 8.98. The van der Waals surface area contributed by atoms with Gasteiger partial charge in [-0.2, -0.15) is 13.2 Å². The van der Waals surface area contributed by atoms with Gasteiger partial charge >= 0.3 is 6.18 Å². The zero-order valence-electron chi connectivity index (χ0n) is 15.5. The van der Waals surface area contributed by atoms with Crippen LogP contribution in [-0.2, 0) is 12.7 Å². The van der Waals surface area contributed by atoms with Crippen LogP contribution >= 0.6 is 0 Å². The Balaban J connectivity index is 2.07. The molecule has 0 aliphatic carbocycles. The first-order valence-corrected chi connectivity index (χ1v) is 8.98. The van der Waals surface area contributed by atoms with E-state index in [4.69, 9.17) is 11.5 Å². The number of nitrogens with zero attached hydrogens (tertiary/aromatic N) is 1. The minimum atomic E-state index is -4.53. The predicted molar refractivity (Wildman–Crippen MR) is 107 cm³/mol. The molecule has 0 saturated heterocycles. The number of aromatic nitrogens is 1. The Kier molecular flexibility index (Phi) is 4.49. The van der Waals surface area contributed by atoms with Gasteiger partial charge in [-0.05, 0) is 35.9 Å². The van der Waals surface area contributed by atoms with Crippen LogP contribution in [0.2, 0.25) is 0 Å². The van der Waals surface area contributed by atoms with Crippen molar-refractivity contribution in [3.8, 4) is 0 Å². The van der Waals surface area contributed by atoms with Crippen molar-refractivity contribution >= 4 is 33.6 Å². The third kappa shape index (κ3) is 3.16. The molecule has 0 saturated carbocycles. The Morgan fingerprint density at radius 2 is 1.50 bits per heavy atom. The third-order valence-corrected chi connectivity index (χ3v) is 5.10. The molecule has 0 radical (unpaired) electrons. The highest BCUT2D eigenvalue weighted by molar-refractivity contribution is 6.18. The van der Waals surface area contributed by atoms with E-state index >= 15 is 0 Å². The summed E-state index contributed by atoms with van der Waals surface area (Å²) in [5.74, 6) is -1.32. The van der Waals surface area contributed by atoms with Crippen molar-refractivity contribution in [3.05, 3.63) is 82.9 Å². The molecule has 0 bridgehead atoms. The molecule has 0 aliphatic heterocycles. The van der Waals surface area contributed by atoms with Gasteiger partial charge in [0.1, 0.15) is 0 Å². The van der Waals surface area contributed by atoms with E-state index in [1.807, 2.05) is 0 Å². The monoisotopic (exact) mass is 411 g/mol. The number of benzene rings is 3. The zero-order chi connectivity index (χ0) is 21.6. The van der Waals surface area contributed by atoms with Crippen LogP contribution in [0.5, 0.6) is 0 Å². The molecular weight excluding hydrogens is 395 g/mol. The smallest absolute Gasteiger partial charge is 0.366 e. The summed E-state index contributed by atoms with van der Waals surface area (Å²) in [5, 5.41) is 0.925. The molecule has 0 aliphatic rings. The molecule has 152 valence electrons. The first-order chi connectivity index (χ1) is 14.2. The summed E-state index contributed by atoms with van der Waals surface area (Å²) in [4.78, 5) is 23.8. The number of carbonyl (C=O) groups excluding carboxylic acids is 2. The lowest BCUT2D eigenvalue weighted by Crippen LogP contribution is -2.15. The van der Waals surface area contributed by atoms with E-state index in [1.54, 1.807) is 41.0 Å². The molecule has 0 fully saturated rings.